The van der Waals surface area contributed by atoms with E-state index in [4.69, 9.17) is 5.73 Å². The second kappa shape index (κ2) is 5.01. The number of unbranched alkanes of at least 4 members (excludes halogenated alkanes) is 1. The van der Waals surface area contributed by atoms with Gasteiger partial charge in [-0.2, -0.15) is 0 Å². The standard InChI is InChI=1S/C11H12N2O2/c1-2-3-4-5-9-6-7-10(12)11(8-9)13(14)15/h6-8H,2-3,12H2,1H3. The highest BCUT2D eigenvalue weighted by atomic mass is 16.6. The molecule has 0 fully saturated rings. The summed E-state index contributed by atoms with van der Waals surface area (Å²) >= 11 is 0. The Kier molecular flexibility index (Phi) is 3.69. The molecule has 0 aliphatic rings. The van der Waals surface area contributed by atoms with Crippen molar-refractivity contribution in [3.8, 4) is 11.8 Å². The third kappa shape index (κ3) is 2.99. The molecule has 0 bridgehead atoms. The van der Waals surface area contributed by atoms with Crippen molar-refractivity contribution in [3.05, 3.63) is 33.9 Å². The lowest BCUT2D eigenvalue weighted by molar-refractivity contribution is -0.383. The average molecular weight is 204 g/mol. The first kappa shape index (κ1) is 11.1. The first-order valence-electron chi connectivity index (χ1n) is 4.68. The van der Waals surface area contributed by atoms with Crippen LogP contribution in [0, 0.1) is 22.0 Å². The van der Waals surface area contributed by atoms with Gasteiger partial charge in [-0.3, -0.25) is 10.1 Å². The average Bonchev–Trinajstić information content (AvgIpc) is 2.20. The zero-order chi connectivity index (χ0) is 11.3. The molecule has 0 radical (unpaired) electrons. The normalized spacial score (nSPS) is 9.13. The molecule has 0 atom stereocenters. The number of hydrogen-bond acceptors (Lipinski definition) is 3. The van der Waals surface area contributed by atoms with Crippen LogP contribution in [0.4, 0.5) is 11.4 Å². The van der Waals surface area contributed by atoms with E-state index in [0.717, 1.165) is 12.8 Å². The van der Waals surface area contributed by atoms with Gasteiger partial charge in [0.05, 0.1) is 4.92 Å². The summed E-state index contributed by atoms with van der Waals surface area (Å²) in [5.74, 6) is 5.78. The molecule has 0 saturated carbocycles. The monoisotopic (exact) mass is 204 g/mol. The van der Waals surface area contributed by atoms with Crippen molar-refractivity contribution < 1.29 is 4.92 Å². The quantitative estimate of drug-likeness (QED) is 0.348. The van der Waals surface area contributed by atoms with E-state index in [1.807, 2.05) is 6.92 Å². The van der Waals surface area contributed by atoms with Crippen LogP contribution in [0.5, 0.6) is 0 Å². The maximum atomic E-state index is 10.6. The number of hydrogen-bond donors (Lipinski definition) is 1. The van der Waals surface area contributed by atoms with E-state index in [0.29, 0.717) is 5.56 Å². The summed E-state index contributed by atoms with van der Waals surface area (Å²) in [6.45, 7) is 2.03. The molecule has 0 heterocycles. The molecule has 15 heavy (non-hydrogen) atoms. The van der Waals surface area contributed by atoms with Gasteiger partial charge in [-0.15, -0.1) is 0 Å². The highest BCUT2D eigenvalue weighted by molar-refractivity contribution is 5.61. The van der Waals surface area contributed by atoms with Crippen molar-refractivity contribution >= 4 is 11.4 Å². The number of anilines is 1. The zero-order valence-electron chi connectivity index (χ0n) is 8.49. The van der Waals surface area contributed by atoms with Crippen molar-refractivity contribution in [3.63, 3.8) is 0 Å². The molecular weight excluding hydrogens is 192 g/mol. The van der Waals surface area contributed by atoms with Gasteiger partial charge in [0, 0.05) is 18.1 Å². The Labute approximate surface area is 88.2 Å². The summed E-state index contributed by atoms with van der Waals surface area (Å²) in [7, 11) is 0. The van der Waals surface area contributed by atoms with Crippen molar-refractivity contribution in [1.82, 2.24) is 0 Å². The molecule has 4 heteroatoms. The minimum Gasteiger partial charge on any atom is -0.393 e. The highest BCUT2D eigenvalue weighted by Crippen LogP contribution is 2.21. The van der Waals surface area contributed by atoms with Gasteiger partial charge in [0.25, 0.3) is 5.69 Å². The first-order valence-corrected chi connectivity index (χ1v) is 4.68. The molecule has 0 spiro atoms. The minimum atomic E-state index is -0.500. The van der Waals surface area contributed by atoms with Gasteiger partial charge in [-0.1, -0.05) is 18.8 Å². The van der Waals surface area contributed by atoms with Crippen LogP contribution in [-0.2, 0) is 0 Å². The van der Waals surface area contributed by atoms with Crippen molar-refractivity contribution in [2.24, 2.45) is 0 Å². The van der Waals surface area contributed by atoms with Crippen molar-refractivity contribution in [1.29, 1.82) is 0 Å². The summed E-state index contributed by atoms with van der Waals surface area (Å²) in [4.78, 5) is 10.1. The van der Waals surface area contributed by atoms with Crippen molar-refractivity contribution in [2.75, 3.05) is 5.73 Å². The Morgan fingerprint density at radius 1 is 1.53 bits per heavy atom. The molecular formula is C11H12N2O2. The molecule has 0 unspecified atom stereocenters. The Morgan fingerprint density at radius 2 is 2.27 bits per heavy atom. The summed E-state index contributed by atoms with van der Waals surface area (Å²) in [6, 6.07) is 4.59. The van der Waals surface area contributed by atoms with Gasteiger partial charge < -0.3 is 5.73 Å². The largest absolute Gasteiger partial charge is 0.393 e. The topological polar surface area (TPSA) is 69.2 Å². The van der Waals surface area contributed by atoms with Gasteiger partial charge >= 0.3 is 0 Å². The van der Waals surface area contributed by atoms with Crippen LogP contribution >= 0.6 is 0 Å². The van der Waals surface area contributed by atoms with E-state index < -0.39 is 4.92 Å². The summed E-state index contributed by atoms with van der Waals surface area (Å²) in [5, 5.41) is 10.6. The van der Waals surface area contributed by atoms with Crippen LogP contribution in [-0.4, -0.2) is 4.92 Å². The number of nitrogen functional groups attached to an aromatic ring is 1. The number of nitrogens with two attached hydrogens (primary N) is 1. The fraction of sp³-hybridized carbons (Fsp3) is 0.273. The van der Waals surface area contributed by atoms with Gasteiger partial charge in [0.1, 0.15) is 5.69 Å². The number of benzene rings is 1. The molecule has 0 aliphatic heterocycles. The molecule has 1 aromatic rings. The summed E-state index contributed by atoms with van der Waals surface area (Å²) in [5.41, 5.74) is 6.17. The summed E-state index contributed by atoms with van der Waals surface area (Å²) < 4.78 is 0. The lowest BCUT2D eigenvalue weighted by atomic mass is 10.1. The van der Waals surface area contributed by atoms with Crippen LogP contribution in [0.2, 0.25) is 0 Å². The van der Waals surface area contributed by atoms with Crippen LogP contribution < -0.4 is 5.73 Å². The minimum absolute atomic E-state index is 0.0849. The van der Waals surface area contributed by atoms with Gasteiger partial charge in [0.15, 0.2) is 0 Å². The molecule has 4 nitrogen and oxygen atoms in total. The Morgan fingerprint density at radius 3 is 2.87 bits per heavy atom. The van der Waals surface area contributed by atoms with Gasteiger partial charge in [-0.05, 0) is 18.6 Å². The fourth-order valence-electron chi connectivity index (χ4n) is 1.07. The lowest BCUT2D eigenvalue weighted by Gasteiger charge is -1.96. The Bertz CT molecular complexity index is 430. The Hall–Kier alpha value is -2.02. The van der Waals surface area contributed by atoms with Crippen LogP contribution in [0.25, 0.3) is 0 Å². The van der Waals surface area contributed by atoms with E-state index in [-0.39, 0.29) is 11.4 Å². The lowest BCUT2D eigenvalue weighted by Crippen LogP contribution is -1.95. The maximum Gasteiger partial charge on any atom is 0.293 e. The van der Waals surface area contributed by atoms with Crippen LogP contribution in [0.1, 0.15) is 25.3 Å². The molecule has 2 N–H and O–H groups in total. The number of nitro benzene ring substituents is 1. The molecule has 0 aromatic heterocycles. The van der Waals surface area contributed by atoms with E-state index >= 15 is 0 Å². The van der Waals surface area contributed by atoms with Crippen molar-refractivity contribution in [2.45, 2.75) is 19.8 Å². The molecule has 1 aromatic carbocycles. The fourth-order valence-corrected chi connectivity index (χ4v) is 1.07. The molecule has 1 rings (SSSR count). The number of nitro groups is 1. The second-order valence-electron chi connectivity index (χ2n) is 3.08. The predicted octanol–water partition coefficient (Wildman–Crippen LogP) is 2.33. The third-order valence-electron chi connectivity index (χ3n) is 1.83. The first-order chi connectivity index (χ1) is 7.15. The summed E-state index contributed by atoms with van der Waals surface area (Å²) in [6.07, 6.45) is 1.77. The second-order valence-corrected chi connectivity index (χ2v) is 3.08. The van der Waals surface area contributed by atoms with Crippen LogP contribution in [0.15, 0.2) is 18.2 Å². The zero-order valence-corrected chi connectivity index (χ0v) is 8.49. The SMILES string of the molecule is CCCC#Cc1ccc(N)c([N+](=O)[O-])c1. The highest BCUT2D eigenvalue weighted by Gasteiger charge is 2.10. The van der Waals surface area contributed by atoms with E-state index in [9.17, 15) is 10.1 Å². The molecule has 78 valence electrons. The van der Waals surface area contributed by atoms with Crippen LogP contribution in [0.3, 0.4) is 0 Å². The molecule has 0 aliphatic carbocycles. The van der Waals surface area contributed by atoms with Gasteiger partial charge in [0.2, 0.25) is 0 Å². The number of rotatable bonds is 2. The predicted molar refractivity (Wildman–Crippen MR) is 59.3 cm³/mol. The van der Waals surface area contributed by atoms with E-state index in [2.05, 4.69) is 11.8 Å². The molecule has 0 amide bonds. The third-order valence-corrected chi connectivity index (χ3v) is 1.83. The molecule has 0 saturated heterocycles. The smallest absolute Gasteiger partial charge is 0.293 e. The van der Waals surface area contributed by atoms with E-state index in [1.54, 1.807) is 6.07 Å². The van der Waals surface area contributed by atoms with E-state index in [1.165, 1.54) is 12.1 Å². The number of nitrogens with zero attached hydrogens (tertiary/aromatic N) is 1. The Balaban J connectivity index is 2.99. The van der Waals surface area contributed by atoms with Gasteiger partial charge in [-0.25, -0.2) is 0 Å². The maximum absolute atomic E-state index is 10.6.